The number of aromatic nitrogens is 4. The van der Waals surface area contributed by atoms with Crippen LogP contribution in [0.5, 0.6) is 5.88 Å². The van der Waals surface area contributed by atoms with Gasteiger partial charge in [0.2, 0.25) is 0 Å². The van der Waals surface area contributed by atoms with Gasteiger partial charge >= 0.3 is 5.69 Å². The number of ether oxygens (including phenoxy) is 1. The Hall–Kier alpha value is -4.72. The summed E-state index contributed by atoms with van der Waals surface area (Å²) in [5, 5.41) is 8.02. The molecule has 0 aliphatic carbocycles. The Morgan fingerprint density at radius 2 is 1.96 bits per heavy atom. The standard InChI is InChI=1S/C33H39ClFN9O3/c1-19(36)4-3-5-22-13-26(30(35)27(34)14-22)28-15-23-17-44(33(45)42-31(23)41-28)25-8-6-21(7-9-25)16-40-24(10-11-39-32(37)38)18-46-29-12-20(2)47-43-29/h6-9,12-15,17,19,24,40H,3-5,10-11,16,18,36H2,1-2H3,(H4,37,38,39)(H,41,42,45)/t19-,24+/m0/s1. The fraction of sp³-hybridized carbons (Fsp3) is 0.333. The number of hydrogen-bond donors (Lipinski definition) is 5. The van der Waals surface area contributed by atoms with Gasteiger partial charge in [-0.15, -0.1) is 0 Å². The van der Waals surface area contributed by atoms with E-state index < -0.39 is 11.5 Å². The highest BCUT2D eigenvalue weighted by molar-refractivity contribution is 6.31. The minimum Gasteiger partial charge on any atom is -0.474 e. The highest BCUT2D eigenvalue weighted by atomic mass is 35.5. The van der Waals surface area contributed by atoms with Crippen LogP contribution < -0.4 is 32.9 Å². The van der Waals surface area contributed by atoms with Gasteiger partial charge in [0.1, 0.15) is 18.0 Å². The number of fused-ring (bicyclic) bond motifs is 1. The summed E-state index contributed by atoms with van der Waals surface area (Å²) in [7, 11) is 0. The van der Waals surface area contributed by atoms with Crippen LogP contribution >= 0.6 is 11.6 Å². The van der Waals surface area contributed by atoms with Crippen LogP contribution in [0.2, 0.25) is 5.02 Å². The third kappa shape index (κ3) is 8.97. The third-order valence-electron chi connectivity index (χ3n) is 7.63. The van der Waals surface area contributed by atoms with Crippen molar-refractivity contribution in [3.63, 3.8) is 0 Å². The van der Waals surface area contributed by atoms with E-state index in [1.165, 1.54) is 4.57 Å². The number of hydrogen-bond acceptors (Lipinski definition) is 8. The third-order valence-corrected chi connectivity index (χ3v) is 7.91. The first-order valence-corrected chi connectivity index (χ1v) is 15.7. The van der Waals surface area contributed by atoms with Crippen molar-refractivity contribution in [1.29, 1.82) is 0 Å². The highest BCUT2D eigenvalue weighted by Crippen LogP contribution is 2.31. The molecule has 2 aromatic carbocycles. The molecule has 0 spiro atoms. The predicted molar refractivity (Wildman–Crippen MR) is 181 cm³/mol. The Labute approximate surface area is 276 Å². The second-order valence-electron chi connectivity index (χ2n) is 11.6. The molecule has 3 heterocycles. The molecule has 0 bridgehead atoms. The van der Waals surface area contributed by atoms with E-state index in [0.717, 1.165) is 30.4 Å². The monoisotopic (exact) mass is 663 g/mol. The normalized spacial score (nSPS) is 12.7. The minimum absolute atomic E-state index is 0.0284. The number of nitrogens with zero attached hydrogens (tertiary/aromatic N) is 4. The zero-order valence-electron chi connectivity index (χ0n) is 26.3. The van der Waals surface area contributed by atoms with Crippen LogP contribution in [0, 0.1) is 12.7 Å². The van der Waals surface area contributed by atoms with Gasteiger partial charge in [-0.3, -0.25) is 9.56 Å². The van der Waals surface area contributed by atoms with E-state index in [1.54, 1.807) is 37.4 Å². The first-order chi connectivity index (χ1) is 22.5. The molecule has 5 rings (SSSR count). The van der Waals surface area contributed by atoms with E-state index in [9.17, 15) is 4.79 Å². The number of benzene rings is 2. The molecule has 3 aromatic heterocycles. The van der Waals surface area contributed by atoms with Crippen LogP contribution in [0.25, 0.3) is 28.0 Å². The Morgan fingerprint density at radius 1 is 1.17 bits per heavy atom. The Balaban J connectivity index is 1.29. The van der Waals surface area contributed by atoms with Crippen LogP contribution in [-0.4, -0.2) is 50.9 Å². The average molecular weight is 664 g/mol. The molecule has 0 saturated heterocycles. The van der Waals surface area contributed by atoms with Gasteiger partial charge in [-0.2, -0.15) is 4.98 Å². The lowest BCUT2D eigenvalue weighted by atomic mass is 10.0. The predicted octanol–water partition coefficient (Wildman–Crippen LogP) is 4.34. The Kier molecular flexibility index (Phi) is 10.9. The molecule has 0 aliphatic rings. The van der Waals surface area contributed by atoms with Gasteiger partial charge in [0.25, 0.3) is 5.88 Å². The van der Waals surface area contributed by atoms with Crippen LogP contribution in [0.1, 0.15) is 43.1 Å². The van der Waals surface area contributed by atoms with E-state index in [1.807, 2.05) is 31.2 Å². The maximum atomic E-state index is 15.1. The molecule has 47 heavy (non-hydrogen) atoms. The maximum absolute atomic E-state index is 15.1. The number of nitrogens with one attached hydrogen (secondary N) is 2. The Bertz CT molecular complexity index is 1900. The maximum Gasteiger partial charge on any atom is 0.354 e. The van der Waals surface area contributed by atoms with Crippen molar-refractivity contribution in [2.45, 2.75) is 58.2 Å². The molecular formula is C33H39ClFN9O3. The summed E-state index contributed by atoms with van der Waals surface area (Å²) in [5.74, 6) is 0.553. The lowest BCUT2D eigenvalue weighted by Crippen LogP contribution is -2.35. The van der Waals surface area contributed by atoms with E-state index >= 15 is 4.39 Å². The van der Waals surface area contributed by atoms with E-state index in [-0.39, 0.29) is 23.1 Å². The van der Waals surface area contributed by atoms with Gasteiger partial charge in [0, 0.05) is 48.4 Å². The number of guanidine groups is 1. The topological polar surface area (TPSA) is 188 Å². The molecule has 0 radical (unpaired) electrons. The zero-order chi connectivity index (χ0) is 33.5. The zero-order valence-corrected chi connectivity index (χ0v) is 27.1. The molecule has 0 unspecified atom stereocenters. The van der Waals surface area contributed by atoms with Crippen molar-refractivity contribution in [2.24, 2.45) is 22.2 Å². The summed E-state index contributed by atoms with van der Waals surface area (Å²) in [6.07, 6.45) is 4.75. The summed E-state index contributed by atoms with van der Waals surface area (Å²) in [5.41, 5.74) is 20.1. The van der Waals surface area contributed by atoms with Crippen LogP contribution in [0.3, 0.4) is 0 Å². The van der Waals surface area contributed by atoms with Crippen molar-refractivity contribution in [1.82, 2.24) is 25.0 Å². The number of aliphatic imine (C=N–C) groups is 1. The molecule has 8 N–H and O–H groups in total. The van der Waals surface area contributed by atoms with Crippen molar-refractivity contribution in [3.05, 3.63) is 92.9 Å². The average Bonchev–Trinajstić information content (AvgIpc) is 3.64. The lowest BCUT2D eigenvalue weighted by molar-refractivity contribution is 0.234. The van der Waals surface area contributed by atoms with Crippen molar-refractivity contribution in [3.8, 4) is 22.8 Å². The van der Waals surface area contributed by atoms with Gasteiger partial charge in [-0.05, 0) is 86.1 Å². The van der Waals surface area contributed by atoms with E-state index in [4.69, 9.17) is 38.1 Å². The van der Waals surface area contributed by atoms with Crippen LogP contribution in [0.4, 0.5) is 4.39 Å². The summed E-state index contributed by atoms with van der Waals surface area (Å²) in [4.78, 5) is 24.4. The molecule has 2 atom stereocenters. The molecule has 0 aliphatic heterocycles. The van der Waals surface area contributed by atoms with Gasteiger partial charge < -0.3 is 36.8 Å². The van der Waals surface area contributed by atoms with Gasteiger partial charge in [-0.1, -0.05) is 23.7 Å². The van der Waals surface area contributed by atoms with Gasteiger partial charge in [0.15, 0.2) is 11.8 Å². The largest absolute Gasteiger partial charge is 0.474 e. The lowest BCUT2D eigenvalue weighted by Gasteiger charge is -2.18. The van der Waals surface area contributed by atoms with Gasteiger partial charge in [0.05, 0.1) is 16.4 Å². The Morgan fingerprint density at radius 3 is 2.66 bits per heavy atom. The smallest absolute Gasteiger partial charge is 0.354 e. The van der Waals surface area contributed by atoms with Crippen LogP contribution in [0.15, 0.2) is 69.0 Å². The van der Waals surface area contributed by atoms with Crippen molar-refractivity contribution >= 4 is 28.6 Å². The molecular weight excluding hydrogens is 625 g/mol. The van der Waals surface area contributed by atoms with E-state index in [0.29, 0.717) is 65.7 Å². The number of nitrogens with two attached hydrogens (primary N) is 3. The van der Waals surface area contributed by atoms with Crippen LogP contribution in [-0.2, 0) is 13.0 Å². The second-order valence-corrected chi connectivity index (χ2v) is 12.0. The summed E-state index contributed by atoms with van der Waals surface area (Å²) >= 11 is 6.25. The molecule has 14 heteroatoms. The molecule has 0 fully saturated rings. The molecule has 248 valence electrons. The SMILES string of the molecule is Cc1cc(OC[C@@H](CCN=C(N)N)NCc2ccc(-n3cc4cc(-c5cc(CCC[C@H](C)N)cc(Cl)c5F)[nH]c4nc3=O)cc2)no1. The molecule has 12 nitrogen and oxygen atoms in total. The number of H-pyrrole nitrogens is 1. The van der Waals surface area contributed by atoms with Crippen molar-refractivity contribution in [2.75, 3.05) is 13.2 Å². The summed E-state index contributed by atoms with van der Waals surface area (Å²) in [6.45, 7) is 5.04. The second kappa shape index (κ2) is 15.2. The first kappa shape index (κ1) is 33.6. The fourth-order valence-electron chi connectivity index (χ4n) is 5.17. The summed E-state index contributed by atoms with van der Waals surface area (Å²) < 4.78 is 27.4. The highest BCUT2D eigenvalue weighted by Gasteiger charge is 2.16. The fourth-order valence-corrected chi connectivity index (χ4v) is 5.41. The van der Waals surface area contributed by atoms with E-state index in [2.05, 4.69) is 25.4 Å². The number of halogens is 2. The summed E-state index contributed by atoms with van der Waals surface area (Å²) in [6, 6.07) is 14.4. The molecule has 0 amide bonds. The number of rotatable bonds is 15. The van der Waals surface area contributed by atoms with Crippen molar-refractivity contribution < 1.29 is 13.7 Å². The molecule has 0 saturated carbocycles. The quantitative estimate of drug-likeness (QED) is 0.0801. The minimum atomic E-state index is -0.535. The van der Waals surface area contributed by atoms with Gasteiger partial charge in [-0.25, -0.2) is 9.18 Å². The number of aromatic amines is 1. The number of aryl methyl sites for hydroxylation is 2. The first-order valence-electron chi connectivity index (χ1n) is 15.4. The molecule has 5 aromatic rings.